The monoisotopic (exact) mass is 426 g/mol. The maximum Gasteiger partial charge on any atom is 0.394 e. The third-order valence-electron chi connectivity index (χ3n) is 4.91. The molecule has 0 bridgehead atoms. The second kappa shape index (κ2) is 7.19. The van der Waals surface area contributed by atoms with Crippen LogP contribution in [0.4, 0.5) is 13.2 Å². The van der Waals surface area contributed by atoms with Gasteiger partial charge < -0.3 is 4.42 Å². The zero-order chi connectivity index (χ0) is 22.4. The molecular formula is C21H17F3N6O. The summed E-state index contributed by atoms with van der Waals surface area (Å²) in [6.45, 7) is 3.97. The average Bonchev–Trinajstić information content (AvgIpc) is 3.30. The lowest BCUT2D eigenvalue weighted by molar-refractivity contribution is -0.212. The average molecular weight is 426 g/mol. The summed E-state index contributed by atoms with van der Waals surface area (Å²) in [4.78, 5) is 12.8. The van der Waals surface area contributed by atoms with E-state index in [1.54, 1.807) is 35.8 Å². The number of pyridine rings is 2. The lowest BCUT2D eigenvalue weighted by Crippen LogP contribution is -2.34. The molecule has 158 valence electrons. The van der Waals surface area contributed by atoms with E-state index < -0.39 is 18.0 Å². The van der Waals surface area contributed by atoms with Gasteiger partial charge in [-0.05, 0) is 31.2 Å². The van der Waals surface area contributed by atoms with Crippen molar-refractivity contribution in [3.05, 3.63) is 54.1 Å². The van der Waals surface area contributed by atoms with Crippen molar-refractivity contribution in [1.29, 1.82) is 5.26 Å². The maximum atomic E-state index is 13.2. The van der Waals surface area contributed by atoms with Crippen molar-refractivity contribution in [1.82, 2.24) is 24.6 Å². The Morgan fingerprint density at radius 2 is 1.94 bits per heavy atom. The maximum absolute atomic E-state index is 13.2. The zero-order valence-corrected chi connectivity index (χ0v) is 16.9. The highest BCUT2D eigenvalue weighted by molar-refractivity contribution is 5.79. The number of rotatable bonds is 4. The first-order chi connectivity index (χ1) is 14.6. The Morgan fingerprint density at radius 3 is 2.65 bits per heavy atom. The van der Waals surface area contributed by atoms with E-state index in [-0.39, 0.29) is 17.3 Å². The molecule has 0 radical (unpaired) electrons. The number of aromatic nitrogens is 5. The molecule has 4 heterocycles. The van der Waals surface area contributed by atoms with Crippen LogP contribution in [-0.2, 0) is 6.42 Å². The van der Waals surface area contributed by atoms with Crippen molar-refractivity contribution in [2.75, 3.05) is 0 Å². The van der Waals surface area contributed by atoms with E-state index in [0.29, 0.717) is 28.3 Å². The van der Waals surface area contributed by atoms with E-state index in [9.17, 15) is 18.4 Å². The second-order valence-electron chi connectivity index (χ2n) is 7.76. The van der Waals surface area contributed by atoms with Crippen LogP contribution in [0.3, 0.4) is 0 Å². The van der Waals surface area contributed by atoms with E-state index in [4.69, 9.17) is 4.42 Å². The number of hydrogen-bond donors (Lipinski definition) is 0. The summed E-state index contributed by atoms with van der Waals surface area (Å²) in [7, 11) is 0. The molecule has 4 rings (SSSR count). The Balaban J connectivity index is 1.78. The third-order valence-corrected chi connectivity index (χ3v) is 4.91. The van der Waals surface area contributed by atoms with Gasteiger partial charge in [-0.25, -0.2) is 19.5 Å². The Kier molecular flexibility index (Phi) is 4.76. The number of fused-ring (bicyclic) bond motifs is 1. The molecule has 0 aliphatic rings. The van der Waals surface area contributed by atoms with Crippen LogP contribution in [0.25, 0.3) is 28.2 Å². The zero-order valence-electron chi connectivity index (χ0n) is 16.9. The summed E-state index contributed by atoms with van der Waals surface area (Å²) in [6, 6.07) is 8.67. The Labute approximate surface area is 175 Å². The van der Waals surface area contributed by atoms with Gasteiger partial charge in [0.1, 0.15) is 17.6 Å². The van der Waals surface area contributed by atoms with E-state index in [1.807, 2.05) is 6.07 Å². The van der Waals surface area contributed by atoms with Crippen LogP contribution in [0.1, 0.15) is 31.3 Å². The molecule has 0 saturated carbocycles. The first-order valence-corrected chi connectivity index (χ1v) is 9.34. The molecule has 0 N–H and O–H groups in total. The fraction of sp³-hybridized carbons (Fsp3) is 0.286. The normalized spacial score (nSPS) is 12.3. The van der Waals surface area contributed by atoms with Crippen molar-refractivity contribution in [3.8, 4) is 28.7 Å². The van der Waals surface area contributed by atoms with Gasteiger partial charge in [0.25, 0.3) is 0 Å². The molecule has 0 aromatic carbocycles. The van der Waals surface area contributed by atoms with Crippen molar-refractivity contribution in [2.45, 2.75) is 33.4 Å². The standard InChI is InChI=1S/C21H17F3N6O/c1-12-27-17-8-13(6-7-30(17)29-12)19-15(5-4-14(10-25)28-19)16-11-26-18(31-16)9-20(2,3)21(22,23)24/h4-8,11H,9H2,1-3H3. The molecule has 0 aliphatic heterocycles. The van der Waals surface area contributed by atoms with Gasteiger partial charge in [0.05, 0.1) is 17.3 Å². The summed E-state index contributed by atoms with van der Waals surface area (Å²) in [5, 5.41) is 13.5. The van der Waals surface area contributed by atoms with Crippen LogP contribution >= 0.6 is 0 Å². The molecule has 0 fully saturated rings. The van der Waals surface area contributed by atoms with Crippen LogP contribution in [0.2, 0.25) is 0 Å². The minimum Gasteiger partial charge on any atom is -0.441 e. The molecular weight excluding hydrogens is 409 g/mol. The molecule has 0 unspecified atom stereocenters. The predicted octanol–water partition coefficient (Wildman–Crippen LogP) is 4.76. The number of alkyl halides is 3. The first-order valence-electron chi connectivity index (χ1n) is 9.34. The number of hydrogen-bond acceptors (Lipinski definition) is 6. The molecule has 0 atom stereocenters. The highest BCUT2D eigenvalue weighted by Crippen LogP contribution is 2.40. The molecule has 7 nitrogen and oxygen atoms in total. The van der Waals surface area contributed by atoms with Crippen molar-refractivity contribution in [2.24, 2.45) is 5.41 Å². The number of nitrogens with zero attached hydrogens (tertiary/aromatic N) is 6. The number of aryl methyl sites for hydroxylation is 1. The third kappa shape index (κ3) is 3.86. The molecule has 0 amide bonds. The van der Waals surface area contributed by atoms with Gasteiger partial charge in [-0.2, -0.15) is 23.5 Å². The van der Waals surface area contributed by atoms with Crippen molar-refractivity contribution in [3.63, 3.8) is 0 Å². The Morgan fingerprint density at radius 1 is 1.16 bits per heavy atom. The molecule has 0 spiro atoms. The van der Waals surface area contributed by atoms with E-state index >= 15 is 0 Å². The highest BCUT2D eigenvalue weighted by atomic mass is 19.4. The molecule has 0 aliphatic carbocycles. The van der Waals surface area contributed by atoms with E-state index in [0.717, 1.165) is 13.8 Å². The number of nitriles is 1. The van der Waals surface area contributed by atoms with Gasteiger partial charge in [0.2, 0.25) is 0 Å². The lowest BCUT2D eigenvalue weighted by Gasteiger charge is -2.25. The largest absolute Gasteiger partial charge is 0.441 e. The Bertz CT molecular complexity index is 1310. The topological polar surface area (TPSA) is 92.9 Å². The van der Waals surface area contributed by atoms with Gasteiger partial charge in [-0.3, -0.25) is 0 Å². The number of oxazole rings is 1. The van der Waals surface area contributed by atoms with Crippen LogP contribution in [0.5, 0.6) is 0 Å². The van der Waals surface area contributed by atoms with Gasteiger partial charge >= 0.3 is 6.18 Å². The van der Waals surface area contributed by atoms with Gasteiger partial charge in [0, 0.05) is 23.7 Å². The van der Waals surface area contributed by atoms with Crippen LogP contribution in [0, 0.1) is 23.7 Å². The van der Waals surface area contributed by atoms with Gasteiger partial charge in [-0.1, -0.05) is 13.8 Å². The second-order valence-corrected chi connectivity index (χ2v) is 7.76. The minimum absolute atomic E-state index is 0.0313. The number of halogens is 3. The van der Waals surface area contributed by atoms with Gasteiger partial charge in [0.15, 0.2) is 17.3 Å². The first kappa shape index (κ1) is 20.5. The Hall–Kier alpha value is -3.74. The fourth-order valence-electron chi connectivity index (χ4n) is 3.08. The highest BCUT2D eigenvalue weighted by Gasteiger charge is 2.48. The summed E-state index contributed by atoms with van der Waals surface area (Å²) < 4.78 is 46.9. The summed E-state index contributed by atoms with van der Waals surface area (Å²) in [6.07, 6.45) is -1.71. The van der Waals surface area contributed by atoms with Crippen LogP contribution < -0.4 is 0 Å². The SMILES string of the molecule is Cc1nc2cc(-c3nc(C#N)ccc3-c3cnc(CC(C)(C)C(F)(F)F)o3)ccn2n1. The molecule has 10 heteroatoms. The summed E-state index contributed by atoms with van der Waals surface area (Å²) in [5.74, 6) is 0.830. The smallest absolute Gasteiger partial charge is 0.394 e. The molecule has 0 saturated heterocycles. The quantitative estimate of drug-likeness (QED) is 0.467. The fourth-order valence-corrected chi connectivity index (χ4v) is 3.08. The predicted molar refractivity (Wildman–Crippen MR) is 105 cm³/mol. The summed E-state index contributed by atoms with van der Waals surface area (Å²) in [5.41, 5.74) is 0.380. The van der Waals surface area contributed by atoms with Crippen LogP contribution in [-0.4, -0.2) is 30.7 Å². The van der Waals surface area contributed by atoms with Crippen LogP contribution in [0.15, 0.2) is 41.1 Å². The van der Waals surface area contributed by atoms with E-state index in [1.165, 1.54) is 12.3 Å². The minimum atomic E-state index is -4.39. The molecule has 4 aromatic rings. The lowest BCUT2D eigenvalue weighted by atomic mass is 9.88. The van der Waals surface area contributed by atoms with Crippen molar-refractivity contribution < 1.29 is 17.6 Å². The molecule has 4 aromatic heterocycles. The van der Waals surface area contributed by atoms with Crippen molar-refractivity contribution >= 4 is 5.65 Å². The molecule has 31 heavy (non-hydrogen) atoms. The van der Waals surface area contributed by atoms with E-state index in [2.05, 4.69) is 20.1 Å². The summed E-state index contributed by atoms with van der Waals surface area (Å²) >= 11 is 0. The van der Waals surface area contributed by atoms with Gasteiger partial charge in [-0.15, -0.1) is 0 Å².